The summed E-state index contributed by atoms with van der Waals surface area (Å²) >= 11 is 0. The standard InChI is InChI=1S/C21H24N6O/c1-15-24-19(20-4-2-3-9-27(15)20)14-25-11-16-5-6-17(25)13-26(12-16)21(28)18-10-22-7-8-23-18/h2-4,7-10,16-17H,5-6,11-14H2,1H3/t16-,17-/m1/s1. The van der Waals surface area contributed by atoms with Gasteiger partial charge in [-0.3, -0.25) is 14.7 Å². The van der Waals surface area contributed by atoms with Crippen molar-refractivity contribution >= 4 is 11.4 Å². The summed E-state index contributed by atoms with van der Waals surface area (Å²) in [7, 11) is 0. The molecular weight excluding hydrogens is 352 g/mol. The van der Waals surface area contributed by atoms with Gasteiger partial charge in [-0.25, -0.2) is 9.97 Å². The summed E-state index contributed by atoms with van der Waals surface area (Å²) in [5.41, 5.74) is 2.73. The summed E-state index contributed by atoms with van der Waals surface area (Å²) in [6, 6.07) is 6.60. The molecule has 0 N–H and O–H groups in total. The fourth-order valence-electron chi connectivity index (χ4n) is 4.69. The summed E-state index contributed by atoms with van der Waals surface area (Å²) in [5, 5.41) is 0. The van der Waals surface area contributed by atoms with Crippen LogP contribution in [0.25, 0.3) is 5.52 Å². The van der Waals surface area contributed by atoms with Crippen molar-refractivity contribution in [2.45, 2.75) is 32.4 Å². The van der Waals surface area contributed by atoms with E-state index in [0.29, 0.717) is 17.7 Å². The predicted octanol–water partition coefficient (Wildman–Crippen LogP) is 2.17. The molecule has 0 spiro atoms. The normalized spacial score (nSPS) is 22.5. The molecule has 7 heteroatoms. The van der Waals surface area contributed by atoms with Gasteiger partial charge in [-0.1, -0.05) is 6.07 Å². The quantitative estimate of drug-likeness (QED) is 0.701. The van der Waals surface area contributed by atoms with Gasteiger partial charge in [-0.15, -0.1) is 0 Å². The number of fused-ring (bicyclic) bond motifs is 5. The lowest BCUT2D eigenvalue weighted by Crippen LogP contribution is -2.44. The Morgan fingerprint density at radius 2 is 2.11 bits per heavy atom. The Bertz CT molecular complexity index is 1000. The van der Waals surface area contributed by atoms with E-state index in [0.717, 1.165) is 44.1 Å². The van der Waals surface area contributed by atoms with E-state index in [4.69, 9.17) is 4.98 Å². The van der Waals surface area contributed by atoms with Gasteiger partial charge in [0.05, 0.1) is 17.4 Å². The van der Waals surface area contributed by atoms with Crippen molar-refractivity contribution in [2.24, 2.45) is 5.92 Å². The molecule has 0 unspecified atom stereocenters. The van der Waals surface area contributed by atoms with Gasteiger partial charge in [0.2, 0.25) is 0 Å². The monoisotopic (exact) mass is 376 g/mol. The summed E-state index contributed by atoms with van der Waals surface area (Å²) in [6.07, 6.45) is 9.11. The first-order valence-corrected chi connectivity index (χ1v) is 9.91. The minimum absolute atomic E-state index is 0.00450. The summed E-state index contributed by atoms with van der Waals surface area (Å²) in [4.78, 5) is 30.5. The molecule has 3 saturated heterocycles. The topological polar surface area (TPSA) is 66.6 Å². The lowest BCUT2D eigenvalue weighted by Gasteiger charge is -2.35. The van der Waals surface area contributed by atoms with Crippen molar-refractivity contribution in [3.63, 3.8) is 0 Å². The summed E-state index contributed by atoms with van der Waals surface area (Å²) < 4.78 is 2.15. The van der Waals surface area contributed by atoms with Crippen molar-refractivity contribution in [1.29, 1.82) is 0 Å². The molecule has 3 aromatic heterocycles. The van der Waals surface area contributed by atoms with Crippen molar-refractivity contribution in [3.8, 4) is 0 Å². The van der Waals surface area contributed by atoms with Gasteiger partial charge in [0.25, 0.3) is 5.91 Å². The maximum atomic E-state index is 12.9. The molecule has 1 amide bonds. The fraction of sp³-hybridized carbons (Fsp3) is 0.429. The van der Waals surface area contributed by atoms with E-state index in [9.17, 15) is 4.79 Å². The number of hydrogen-bond acceptors (Lipinski definition) is 5. The highest BCUT2D eigenvalue weighted by atomic mass is 16.2. The van der Waals surface area contributed by atoms with Gasteiger partial charge >= 0.3 is 0 Å². The molecule has 144 valence electrons. The lowest BCUT2D eigenvalue weighted by molar-refractivity contribution is 0.0729. The molecule has 3 fully saturated rings. The molecule has 2 bridgehead atoms. The number of aromatic nitrogens is 4. The largest absolute Gasteiger partial charge is 0.335 e. The van der Waals surface area contributed by atoms with E-state index in [1.807, 2.05) is 17.9 Å². The van der Waals surface area contributed by atoms with Gasteiger partial charge < -0.3 is 9.30 Å². The van der Waals surface area contributed by atoms with E-state index in [1.165, 1.54) is 11.9 Å². The van der Waals surface area contributed by atoms with Crippen LogP contribution in [0.15, 0.2) is 43.0 Å². The number of hydrogen-bond donors (Lipinski definition) is 0. The molecule has 3 aromatic rings. The van der Waals surface area contributed by atoms with Crippen molar-refractivity contribution < 1.29 is 4.79 Å². The Hall–Kier alpha value is -2.80. The summed E-state index contributed by atoms with van der Waals surface area (Å²) in [6.45, 7) is 5.43. The molecule has 7 nitrogen and oxygen atoms in total. The minimum atomic E-state index is -0.00450. The number of piperidine rings is 1. The fourth-order valence-corrected chi connectivity index (χ4v) is 4.69. The van der Waals surface area contributed by atoms with Crippen molar-refractivity contribution in [1.82, 2.24) is 29.2 Å². The van der Waals surface area contributed by atoms with Gasteiger partial charge in [0, 0.05) is 50.8 Å². The molecule has 3 aliphatic heterocycles. The number of aryl methyl sites for hydroxylation is 1. The van der Waals surface area contributed by atoms with Gasteiger partial charge in [-0.05, 0) is 37.8 Å². The highest BCUT2D eigenvalue weighted by Crippen LogP contribution is 2.30. The highest BCUT2D eigenvalue weighted by Gasteiger charge is 2.37. The van der Waals surface area contributed by atoms with Crippen LogP contribution in [0.3, 0.4) is 0 Å². The van der Waals surface area contributed by atoms with Gasteiger partial charge in [-0.2, -0.15) is 0 Å². The highest BCUT2D eigenvalue weighted by molar-refractivity contribution is 5.92. The Morgan fingerprint density at radius 1 is 1.18 bits per heavy atom. The van der Waals surface area contributed by atoms with Crippen LogP contribution in [0.4, 0.5) is 0 Å². The van der Waals surface area contributed by atoms with E-state index in [2.05, 4.69) is 37.6 Å². The second-order valence-corrected chi connectivity index (χ2v) is 7.89. The Labute approximate surface area is 164 Å². The predicted molar refractivity (Wildman–Crippen MR) is 105 cm³/mol. The van der Waals surface area contributed by atoms with Crippen LogP contribution in [0.2, 0.25) is 0 Å². The van der Waals surface area contributed by atoms with Gasteiger partial charge in [0.15, 0.2) is 0 Å². The molecule has 6 rings (SSSR count). The van der Waals surface area contributed by atoms with Crippen molar-refractivity contribution in [2.75, 3.05) is 19.6 Å². The second kappa shape index (κ2) is 6.98. The molecule has 2 atom stereocenters. The van der Waals surface area contributed by atoms with Crippen LogP contribution in [0, 0.1) is 12.8 Å². The number of carbonyl (C=O) groups excluding carboxylic acids is 1. The summed E-state index contributed by atoms with van der Waals surface area (Å²) in [5.74, 6) is 1.51. The third kappa shape index (κ3) is 3.05. The van der Waals surface area contributed by atoms with E-state index in [1.54, 1.807) is 18.6 Å². The first-order valence-electron chi connectivity index (χ1n) is 9.91. The maximum Gasteiger partial charge on any atom is 0.274 e. The average Bonchev–Trinajstić information content (AvgIpc) is 2.89. The first kappa shape index (κ1) is 17.3. The molecular formula is C21H24N6O. The van der Waals surface area contributed by atoms with E-state index in [-0.39, 0.29) is 5.91 Å². The first-order chi connectivity index (χ1) is 13.7. The van der Waals surface area contributed by atoms with Crippen LogP contribution in [-0.4, -0.2) is 60.7 Å². The zero-order valence-electron chi connectivity index (χ0n) is 16.0. The van der Waals surface area contributed by atoms with Crippen LogP contribution in [0.1, 0.15) is 34.8 Å². The van der Waals surface area contributed by atoms with Gasteiger partial charge in [0.1, 0.15) is 11.5 Å². The molecule has 3 aliphatic rings. The van der Waals surface area contributed by atoms with Crippen LogP contribution in [-0.2, 0) is 6.54 Å². The molecule has 28 heavy (non-hydrogen) atoms. The van der Waals surface area contributed by atoms with E-state index >= 15 is 0 Å². The zero-order valence-corrected chi connectivity index (χ0v) is 16.0. The third-order valence-electron chi connectivity index (χ3n) is 6.05. The third-order valence-corrected chi connectivity index (χ3v) is 6.05. The molecule has 0 saturated carbocycles. The smallest absolute Gasteiger partial charge is 0.274 e. The van der Waals surface area contributed by atoms with Crippen LogP contribution in [0.5, 0.6) is 0 Å². The second-order valence-electron chi connectivity index (χ2n) is 7.89. The number of amides is 1. The van der Waals surface area contributed by atoms with Crippen LogP contribution >= 0.6 is 0 Å². The number of carbonyl (C=O) groups is 1. The molecule has 0 radical (unpaired) electrons. The van der Waals surface area contributed by atoms with Crippen molar-refractivity contribution in [3.05, 3.63) is 60.2 Å². The number of rotatable bonds is 3. The lowest BCUT2D eigenvalue weighted by atomic mass is 9.95. The molecule has 6 heterocycles. The number of imidazole rings is 1. The number of pyridine rings is 1. The Balaban J connectivity index is 1.37. The van der Waals surface area contributed by atoms with Crippen LogP contribution < -0.4 is 0 Å². The van der Waals surface area contributed by atoms with E-state index < -0.39 is 0 Å². The Kier molecular flexibility index (Phi) is 4.31. The SMILES string of the molecule is Cc1nc(CN2C[C@H]3CC[C@@H]2CN(C(=O)c2cnccn2)C3)c2ccccn12. The average molecular weight is 376 g/mol. The Morgan fingerprint density at radius 3 is 2.96 bits per heavy atom. The minimum Gasteiger partial charge on any atom is -0.335 e. The molecule has 0 aromatic carbocycles. The zero-order chi connectivity index (χ0) is 19.1. The number of nitrogens with zero attached hydrogens (tertiary/aromatic N) is 6. The molecule has 0 aliphatic carbocycles. The maximum absolute atomic E-state index is 12.9.